The van der Waals surface area contributed by atoms with Crippen LogP contribution in [0, 0.1) is 5.82 Å². The number of aromatic nitrogens is 3. The zero-order valence-electron chi connectivity index (χ0n) is 9.32. The van der Waals surface area contributed by atoms with E-state index in [0.29, 0.717) is 13.1 Å². The van der Waals surface area contributed by atoms with Gasteiger partial charge >= 0.3 is 0 Å². The third-order valence-corrected chi connectivity index (χ3v) is 2.64. The number of rotatable bonds is 4. The van der Waals surface area contributed by atoms with Crippen LogP contribution in [0.2, 0.25) is 5.02 Å². The van der Waals surface area contributed by atoms with Crippen LogP contribution in [0.4, 0.5) is 4.39 Å². The van der Waals surface area contributed by atoms with Gasteiger partial charge in [0, 0.05) is 0 Å². The maximum absolute atomic E-state index is 13.0. The average molecular weight is 255 g/mol. The third kappa shape index (κ3) is 2.81. The Hall–Kier alpha value is -1.46. The first kappa shape index (κ1) is 12.0. The molecule has 0 aliphatic heterocycles. The summed E-state index contributed by atoms with van der Waals surface area (Å²) in [5, 5.41) is 7.24. The van der Waals surface area contributed by atoms with E-state index in [1.807, 2.05) is 7.05 Å². The van der Waals surface area contributed by atoms with Crippen LogP contribution in [0.5, 0.6) is 0 Å². The highest BCUT2D eigenvalue weighted by molar-refractivity contribution is 6.30. The zero-order valence-corrected chi connectivity index (χ0v) is 10.1. The average Bonchev–Trinajstić information content (AvgIpc) is 2.72. The summed E-state index contributed by atoms with van der Waals surface area (Å²) >= 11 is 5.72. The normalized spacial score (nSPS) is 10.8. The standard InChI is InChI=1S/C11H12ClFN4/c1-14-5-11-15-7-16-17(11)6-8-2-3-10(13)9(12)4-8/h2-4,7,14H,5-6H2,1H3. The lowest BCUT2D eigenvalue weighted by Crippen LogP contribution is -2.14. The van der Waals surface area contributed by atoms with Crippen LogP contribution in [0.3, 0.4) is 0 Å². The molecule has 1 heterocycles. The van der Waals surface area contributed by atoms with Gasteiger partial charge in [0.2, 0.25) is 0 Å². The van der Waals surface area contributed by atoms with E-state index in [9.17, 15) is 4.39 Å². The van der Waals surface area contributed by atoms with Crippen molar-refractivity contribution in [2.24, 2.45) is 0 Å². The third-order valence-electron chi connectivity index (χ3n) is 2.35. The van der Waals surface area contributed by atoms with E-state index in [4.69, 9.17) is 11.6 Å². The molecular weight excluding hydrogens is 243 g/mol. The molecule has 0 aliphatic rings. The van der Waals surface area contributed by atoms with Gasteiger partial charge in [0.05, 0.1) is 18.1 Å². The zero-order chi connectivity index (χ0) is 12.3. The van der Waals surface area contributed by atoms with Gasteiger partial charge in [0.25, 0.3) is 0 Å². The molecular formula is C11H12ClFN4. The molecule has 1 aromatic carbocycles. The van der Waals surface area contributed by atoms with Gasteiger partial charge in [-0.1, -0.05) is 17.7 Å². The largest absolute Gasteiger partial charge is 0.313 e. The molecule has 0 saturated carbocycles. The number of benzene rings is 1. The Bertz CT molecular complexity index is 512. The molecule has 0 unspecified atom stereocenters. The number of hydrogen-bond acceptors (Lipinski definition) is 3. The predicted octanol–water partition coefficient (Wildman–Crippen LogP) is 1.84. The number of nitrogens with zero attached hydrogens (tertiary/aromatic N) is 3. The van der Waals surface area contributed by atoms with Crippen molar-refractivity contribution in [3.8, 4) is 0 Å². The SMILES string of the molecule is CNCc1ncnn1Cc1ccc(F)c(Cl)c1. The maximum atomic E-state index is 13.0. The second kappa shape index (κ2) is 5.25. The summed E-state index contributed by atoms with van der Waals surface area (Å²) in [6.07, 6.45) is 1.50. The lowest BCUT2D eigenvalue weighted by Gasteiger charge is -2.06. The Labute approximate surface area is 103 Å². The van der Waals surface area contributed by atoms with Gasteiger partial charge in [-0.3, -0.25) is 0 Å². The highest BCUT2D eigenvalue weighted by Gasteiger charge is 2.06. The number of halogens is 2. The van der Waals surface area contributed by atoms with Crippen LogP contribution < -0.4 is 5.32 Å². The second-order valence-corrected chi connectivity index (χ2v) is 4.02. The van der Waals surface area contributed by atoms with E-state index >= 15 is 0 Å². The molecule has 2 rings (SSSR count). The monoisotopic (exact) mass is 254 g/mol. The Morgan fingerprint density at radius 3 is 3.00 bits per heavy atom. The molecule has 0 aliphatic carbocycles. The van der Waals surface area contributed by atoms with Crippen molar-refractivity contribution in [1.82, 2.24) is 20.1 Å². The molecule has 0 atom stereocenters. The molecule has 90 valence electrons. The first-order chi connectivity index (χ1) is 8.20. The van der Waals surface area contributed by atoms with Gasteiger partial charge in [-0.2, -0.15) is 5.10 Å². The predicted molar refractivity (Wildman–Crippen MR) is 63.3 cm³/mol. The van der Waals surface area contributed by atoms with Crippen molar-refractivity contribution in [1.29, 1.82) is 0 Å². The van der Waals surface area contributed by atoms with E-state index in [0.717, 1.165) is 11.4 Å². The van der Waals surface area contributed by atoms with Crippen molar-refractivity contribution in [3.63, 3.8) is 0 Å². The smallest absolute Gasteiger partial charge is 0.141 e. The Morgan fingerprint density at radius 2 is 2.29 bits per heavy atom. The fourth-order valence-electron chi connectivity index (χ4n) is 1.53. The molecule has 0 bridgehead atoms. The molecule has 0 amide bonds. The molecule has 0 fully saturated rings. The first-order valence-corrected chi connectivity index (χ1v) is 5.53. The molecule has 2 aromatic rings. The maximum Gasteiger partial charge on any atom is 0.141 e. The minimum absolute atomic E-state index is 0.123. The van der Waals surface area contributed by atoms with Crippen LogP contribution >= 0.6 is 11.6 Å². The van der Waals surface area contributed by atoms with Gasteiger partial charge in [0.15, 0.2) is 0 Å². The van der Waals surface area contributed by atoms with Gasteiger partial charge in [-0.05, 0) is 24.7 Å². The summed E-state index contributed by atoms with van der Waals surface area (Å²) in [4.78, 5) is 4.12. The lowest BCUT2D eigenvalue weighted by atomic mass is 10.2. The summed E-state index contributed by atoms with van der Waals surface area (Å²) in [5.41, 5.74) is 0.888. The summed E-state index contributed by atoms with van der Waals surface area (Å²) in [6.45, 7) is 1.16. The van der Waals surface area contributed by atoms with E-state index in [2.05, 4.69) is 15.4 Å². The summed E-state index contributed by atoms with van der Waals surface area (Å²) in [7, 11) is 1.84. The molecule has 0 radical (unpaired) electrons. The van der Waals surface area contributed by atoms with Crippen molar-refractivity contribution in [2.75, 3.05) is 7.05 Å². The van der Waals surface area contributed by atoms with Crippen molar-refractivity contribution in [2.45, 2.75) is 13.1 Å². The van der Waals surface area contributed by atoms with Gasteiger partial charge in [-0.15, -0.1) is 0 Å². The lowest BCUT2D eigenvalue weighted by molar-refractivity contribution is 0.607. The fraction of sp³-hybridized carbons (Fsp3) is 0.273. The Morgan fingerprint density at radius 1 is 1.47 bits per heavy atom. The van der Waals surface area contributed by atoms with E-state index in [1.54, 1.807) is 16.8 Å². The van der Waals surface area contributed by atoms with Crippen LogP contribution in [-0.2, 0) is 13.1 Å². The Kier molecular flexibility index (Phi) is 3.71. The van der Waals surface area contributed by atoms with Crippen molar-refractivity contribution < 1.29 is 4.39 Å². The van der Waals surface area contributed by atoms with Gasteiger partial charge < -0.3 is 5.32 Å². The summed E-state index contributed by atoms with van der Waals surface area (Å²) in [6, 6.07) is 4.64. The van der Waals surface area contributed by atoms with Gasteiger partial charge in [-0.25, -0.2) is 14.1 Å². The van der Waals surface area contributed by atoms with Crippen LogP contribution in [0.1, 0.15) is 11.4 Å². The molecule has 17 heavy (non-hydrogen) atoms. The number of nitrogens with one attached hydrogen (secondary N) is 1. The topological polar surface area (TPSA) is 42.7 Å². The Balaban J connectivity index is 2.19. The minimum atomic E-state index is -0.413. The van der Waals surface area contributed by atoms with Crippen LogP contribution in [-0.4, -0.2) is 21.8 Å². The highest BCUT2D eigenvalue weighted by atomic mass is 35.5. The number of hydrogen-bond donors (Lipinski definition) is 1. The quantitative estimate of drug-likeness (QED) is 0.905. The van der Waals surface area contributed by atoms with E-state index in [1.165, 1.54) is 12.4 Å². The molecule has 1 N–H and O–H groups in total. The molecule has 0 saturated heterocycles. The van der Waals surface area contributed by atoms with Crippen LogP contribution in [0.15, 0.2) is 24.5 Å². The van der Waals surface area contributed by atoms with Crippen molar-refractivity contribution >= 4 is 11.6 Å². The van der Waals surface area contributed by atoms with E-state index in [-0.39, 0.29) is 5.02 Å². The van der Waals surface area contributed by atoms with Crippen LogP contribution in [0.25, 0.3) is 0 Å². The van der Waals surface area contributed by atoms with E-state index < -0.39 is 5.82 Å². The van der Waals surface area contributed by atoms with Gasteiger partial charge in [0.1, 0.15) is 18.0 Å². The molecule has 1 aromatic heterocycles. The summed E-state index contributed by atoms with van der Waals surface area (Å²) < 4.78 is 14.8. The second-order valence-electron chi connectivity index (χ2n) is 3.61. The minimum Gasteiger partial charge on any atom is -0.313 e. The fourth-order valence-corrected chi connectivity index (χ4v) is 1.73. The highest BCUT2D eigenvalue weighted by Crippen LogP contribution is 2.16. The molecule has 6 heteroatoms. The first-order valence-electron chi connectivity index (χ1n) is 5.16. The summed E-state index contributed by atoms with van der Waals surface area (Å²) in [5.74, 6) is 0.414. The molecule has 4 nitrogen and oxygen atoms in total. The van der Waals surface area contributed by atoms with Crippen molar-refractivity contribution in [3.05, 3.63) is 46.8 Å². The molecule has 0 spiro atoms.